The minimum Gasteiger partial charge on any atom is -0.496 e. The third kappa shape index (κ3) is 6.91. The molecule has 12 nitrogen and oxygen atoms in total. The first-order valence-electron chi connectivity index (χ1n) is 20.6. The van der Waals surface area contributed by atoms with Crippen LogP contribution in [0.5, 0.6) is 11.5 Å². The van der Waals surface area contributed by atoms with Crippen molar-refractivity contribution < 1.29 is 23.9 Å². The van der Waals surface area contributed by atoms with Crippen molar-refractivity contribution in [3.8, 4) is 22.6 Å². The molecule has 4 aromatic rings. The van der Waals surface area contributed by atoms with Crippen LogP contribution < -0.4 is 30.1 Å². The maximum atomic E-state index is 13.2. The number of nitrogens with one attached hydrogen (secondary N) is 1. The number of likely N-dealkylation sites (tertiary alicyclic amines) is 1. The van der Waals surface area contributed by atoms with Gasteiger partial charge in [-0.1, -0.05) is 0 Å². The van der Waals surface area contributed by atoms with E-state index >= 15 is 0 Å². The zero-order valence-corrected chi connectivity index (χ0v) is 33.2. The van der Waals surface area contributed by atoms with Crippen molar-refractivity contribution in [2.75, 3.05) is 63.3 Å². The Hall–Kier alpha value is -5.36. The molecule has 5 aliphatic rings. The lowest BCUT2D eigenvalue weighted by Gasteiger charge is -2.41. The van der Waals surface area contributed by atoms with E-state index in [4.69, 9.17) is 9.47 Å². The number of amides is 3. The zero-order chi connectivity index (χ0) is 39.4. The summed E-state index contributed by atoms with van der Waals surface area (Å²) in [6.07, 6.45) is 8.36. The lowest BCUT2D eigenvalue weighted by atomic mass is 9.78. The topological polar surface area (TPSA) is 117 Å². The summed E-state index contributed by atoms with van der Waals surface area (Å²) in [4.78, 5) is 59.5. The Kier molecular flexibility index (Phi) is 9.92. The van der Waals surface area contributed by atoms with Crippen LogP contribution >= 0.6 is 0 Å². The SMILES string of the molecule is COc1cc(-c2cn(C)c(=O)c3ccc(N4CCC4)cc23)cc(OC)c1CN1CCC(C2CCN(c3ccc4c(c3)CN(C3CCC(=O)NC3=O)C4=O)CC2)CC1. The molecule has 3 amide bonds. The van der Waals surface area contributed by atoms with E-state index in [1.165, 1.54) is 6.42 Å². The molecule has 6 heterocycles. The van der Waals surface area contributed by atoms with E-state index in [9.17, 15) is 19.2 Å². The molecule has 9 rings (SSSR count). The number of hydrogen-bond donors (Lipinski definition) is 1. The van der Waals surface area contributed by atoms with Crippen molar-refractivity contribution in [2.45, 2.75) is 64.1 Å². The van der Waals surface area contributed by atoms with Crippen molar-refractivity contribution in [1.82, 2.24) is 19.7 Å². The van der Waals surface area contributed by atoms with Crippen LogP contribution in [0.25, 0.3) is 21.9 Å². The minimum absolute atomic E-state index is 0.00664. The Morgan fingerprint density at radius 1 is 0.719 bits per heavy atom. The van der Waals surface area contributed by atoms with Crippen LogP contribution in [0.2, 0.25) is 0 Å². The van der Waals surface area contributed by atoms with Crippen LogP contribution in [0.4, 0.5) is 11.4 Å². The van der Waals surface area contributed by atoms with Crippen molar-refractivity contribution in [3.05, 3.63) is 81.8 Å². The number of ether oxygens (including phenoxy) is 2. The Morgan fingerprint density at radius 3 is 2.02 bits per heavy atom. The summed E-state index contributed by atoms with van der Waals surface area (Å²) in [7, 11) is 5.25. The molecule has 0 aliphatic carbocycles. The van der Waals surface area contributed by atoms with Crippen molar-refractivity contribution in [2.24, 2.45) is 18.9 Å². The van der Waals surface area contributed by atoms with Crippen LogP contribution in [0.1, 0.15) is 66.4 Å². The quantitative estimate of drug-likeness (QED) is 0.226. The maximum absolute atomic E-state index is 13.2. The number of aryl methyl sites for hydroxylation is 1. The van der Waals surface area contributed by atoms with Gasteiger partial charge in [-0.3, -0.25) is 29.4 Å². The van der Waals surface area contributed by atoms with Gasteiger partial charge in [-0.15, -0.1) is 0 Å². The average molecular weight is 773 g/mol. The minimum atomic E-state index is -0.596. The Bertz CT molecular complexity index is 2280. The molecule has 298 valence electrons. The first kappa shape index (κ1) is 37.2. The Labute approximate surface area is 333 Å². The highest BCUT2D eigenvalue weighted by molar-refractivity contribution is 6.05. The molecule has 4 saturated heterocycles. The van der Waals surface area contributed by atoms with Gasteiger partial charge in [-0.05, 0) is 128 Å². The van der Waals surface area contributed by atoms with E-state index in [1.54, 1.807) is 23.7 Å². The lowest BCUT2D eigenvalue weighted by molar-refractivity contribution is -0.136. The van der Waals surface area contributed by atoms with Gasteiger partial charge in [0.1, 0.15) is 17.5 Å². The van der Waals surface area contributed by atoms with Gasteiger partial charge in [0, 0.05) is 86.8 Å². The normalized spacial score (nSPS) is 20.9. The lowest BCUT2D eigenvalue weighted by Crippen LogP contribution is -2.52. The maximum Gasteiger partial charge on any atom is 0.258 e. The molecular formula is C45H52N6O6. The average Bonchev–Trinajstić information content (AvgIpc) is 3.53. The fourth-order valence-electron chi connectivity index (χ4n) is 9.94. The third-order valence-corrected chi connectivity index (χ3v) is 13.4. The highest BCUT2D eigenvalue weighted by Gasteiger charge is 2.39. The molecule has 1 unspecified atom stereocenters. The van der Waals surface area contributed by atoms with E-state index in [0.29, 0.717) is 35.8 Å². The number of fused-ring (bicyclic) bond motifs is 2. The van der Waals surface area contributed by atoms with Gasteiger partial charge in [0.15, 0.2) is 0 Å². The smallest absolute Gasteiger partial charge is 0.258 e. The fraction of sp³-hybridized carbons (Fsp3) is 0.467. The summed E-state index contributed by atoms with van der Waals surface area (Å²) < 4.78 is 13.8. The van der Waals surface area contributed by atoms with Gasteiger partial charge >= 0.3 is 0 Å². The number of pyridine rings is 1. The third-order valence-electron chi connectivity index (χ3n) is 13.4. The summed E-state index contributed by atoms with van der Waals surface area (Å²) >= 11 is 0. The second-order valence-corrected chi connectivity index (χ2v) is 16.6. The van der Waals surface area contributed by atoms with E-state index in [2.05, 4.69) is 50.3 Å². The van der Waals surface area contributed by atoms with E-state index in [0.717, 1.165) is 122 Å². The highest BCUT2D eigenvalue weighted by Crippen LogP contribution is 2.41. The molecule has 1 aromatic heterocycles. The van der Waals surface area contributed by atoms with E-state index in [-0.39, 0.29) is 29.7 Å². The van der Waals surface area contributed by atoms with E-state index < -0.39 is 6.04 Å². The number of carbonyl (C=O) groups is 3. The van der Waals surface area contributed by atoms with Crippen LogP contribution in [0.3, 0.4) is 0 Å². The summed E-state index contributed by atoms with van der Waals surface area (Å²) in [5.74, 6) is 2.18. The molecule has 5 aliphatic heterocycles. The highest BCUT2D eigenvalue weighted by atomic mass is 16.5. The standard InChI is InChI=1S/C45H52N6O6/c1-47-26-37(36-24-33(49-15-4-16-49)6-8-35(36)44(47)54)30-22-40(56-2)38(41(23-30)57-3)27-48-17-11-28(12-18-48)29-13-19-50(20-14-29)32-5-7-34-31(21-32)25-51(45(34)55)39-9-10-42(52)46-43(39)53/h5-8,21-24,26,28-29,39H,4,9-20,25,27H2,1-3H3,(H,46,52,53). The largest absolute Gasteiger partial charge is 0.496 e. The molecule has 3 aromatic carbocycles. The van der Waals surface area contributed by atoms with Gasteiger partial charge in [-0.25, -0.2) is 0 Å². The number of piperidine rings is 3. The summed E-state index contributed by atoms with van der Waals surface area (Å²) in [6, 6.07) is 15.9. The second kappa shape index (κ2) is 15.2. The predicted octanol–water partition coefficient (Wildman–Crippen LogP) is 5.32. The first-order valence-corrected chi connectivity index (χ1v) is 20.6. The zero-order valence-electron chi connectivity index (χ0n) is 33.2. The van der Waals surface area contributed by atoms with Crippen LogP contribution in [-0.2, 0) is 29.7 Å². The number of methoxy groups -OCH3 is 2. The molecule has 0 spiro atoms. The van der Waals surface area contributed by atoms with Crippen molar-refractivity contribution in [3.63, 3.8) is 0 Å². The number of rotatable bonds is 9. The molecule has 0 radical (unpaired) electrons. The molecular weight excluding hydrogens is 721 g/mol. The summed E-state index contributed by atoms with van der Waals surface area (Å²) in [6.45, 7) is 7.23. The van der Waals surface area contributed by atoms with Gasteiger partial charge in [0.05, 0.1) is 19.8 Å². The van der Waals surface area contributed by atoms with Gasteiger partial charge in [-0.2, -0.15) is 0 Å². The molecule has 0 bridgehead atoms. The molecule has 1 N–H and O–H groups in total. The van der Waals surface area contributed by atoms with E-state index in [1.807, 2.05) is 31.4 Å². The fourth-order valence-corrected chi connectivity index (χ4v) is 9.94. The van der Waals surface area contributed by atoms with Crippen molar-refractivity contribution in [1.29, 1.82) is 0 Å². The second-order valence-electron chi connectivity index (χ2n) is 16.6. The predicted molar refractivity (Wildman–Crippen MR) is 220 cm³/mol. The monoisotopic (exact) mass is 772 g/mol. The number of imide groups is 1. The van der Waals surface area contributed by atoms with Gasteiger partial charge in [0.2, 0.25) is 11.8 Å². The van der Waals surface area contributed by atoms with Gasteiger partial charge < -0.3 is 28.7 Å². The molecule has 57 heavy (non-hydrogen) atoms. The Morgan fingerprint density at radius 2 is 1.37 bits per heavy atom. The molecule has 0 saturated carbocycles. The number of benzene rings is 3. The summed E-state index contributed by atoms with van der Waals surface area (Å²) in [5.41, 5.74) is 6.87. The number of carbonyl (C=O) groups excluding carboxylic acids is 3. The van der Waals surface area contributed by atoms with Crippen LogP contribution in [0.15, 0.2) is 59.5 Å². The number of aromatic nitrogens is 1. The molecule has 12 heteroatoms. The molecule has 4 fully saturated rings. The number of hydrogen-bond acceptors (Lipinski definition) is 9. The number of nitrogens with zero attached hydrogens (tertiary/aromatic N) is 5. The summed E-state index contributed by atoms with van der Waals surface area (Å²) in [5, 5.41) is 4.03. The molecule has 1 atom stereocenters. The van der Waals surface area contributed by atoms with Crippen molar-refractivity contribution >= 4 is 39.9 Å². The Balaban J connectivity index is 0.833. The number of anilines is 2. The first-order chi connectivity index (χ1) is 27.7. The van der Waals surface area contributed by atoms with Gasteiger partial charge in [0.25, 0.3) is 11.5 Å². The van der Waals surface area contributed by atoms with Crippen LogP contribution in [-0.4, -0.2) is 91.6 Å². The van der Waals surface area contributed by atoms with Crippen LogP contribution in [0, 0.1) is 11.8 Å².